The van der Waals surface area contributed by atoms with Gasteiger partial charge >= 0.3 is 0 Å². The van der Waals surface area contributed by atoms with E-state index >= 15 is 0 Å². The molecule has 0 unspecified atom stereocenters. The summed E-state index contributed by atoms with van der Waals surface area (Å²) in [7, 11) is -3.72. The third-order valence-electron chi connectivity index (χ3n) is 4.92. The normalized spacial score (nSPS) is 11.2. The average molecular weight is 455 g/mol. The van der Waals surface area contributed by atoms with E-state index in [1.165, 1.54) is 23.3 Å². The van der Waals surface area contributed by atoms with E-state index in [0.29, 0.717) is 17.1 Å². The number of carbonyl (C=O) groups is 1. The minimum absolute atomic E-state index is 0.122. The maximum atomic E-state index is 12.7. The number of anilines is 2. The first-order valence-electron chi connectivity index (χ1n) is 9.87. The molecule has 0 saturated heterocycles. The maximum Gasteiger partial charge on any atom is 0.261 e. The van der Waals surface area contributed by atoms with E-state index in [2.05, 4.69) is 29.1 Å². The molecule has 5 nitrogen and oxygen atoms in total. The summed E-state index contributed by atoms with van der Waals surface area (Å²) in [4.78, 5) is 12.4. The molecule has 0 aliphatic rings. The van der Waals surface area contributed by atoms with Crippen LogP contribution in [-0.4, -0.2) is 20.1 Å². The minimum Gasteiger partial charge on any atom is -0.325 e. The molecular weight excluding hydrogens is 428 g/mol. The fraction of sp³-hybridized carbons (Fsp3) is 0.208. The molecule has 0 radical (unpaired) electrons. The van der Waals surface area contributed by atoms with Crippen LogP contribution in [0.3, 0.4) is 0 Å². The van der Waals surface area contributed by atoms with Crippen molar-refractivity contribution in [3.05, 3.63) is 89.0 Å². The van der Waals surface area contributed by atoms with Gasteiger partial charge < -0.3 is 5.32 Å². The Bertz CT molecular complexity index is 1150. The van der Waals surface area contributed by atoms with Crippen molar-refractivity contribution in [1.82, 2.24) is 0 Å². The van der Waals surface area contributed by atoms with Crippen molar-refractivity contribution in [2.75, 3.05) is 15.8 Å². The van der Waals surface area contributed by atoms with Gasteiger partial charge in [-0.2, -0.15) is 0 Å². The summed E-state index contributed by atoms with van der Waals surface area (Å²) in [5.41, 5.74) is 5.29. The first-order chi connectivity index (χ1) is 14.8. The largest absolute Gasteiger partial charge is 0.325 e. The number of carbonyl (C=O) groups excluding carboxylic acids is 1. The Balaban J connectivity index is 1.58. The monoisotopic (exact) mass is 454 g/mol. The Kier molecular flexibility index (Phi) is 7.41. The van der Waals surface area contributed by atoms with Gasteiger partial charge in [0, 0.05) is 11.4 Å². The van der Waals surface area contributed by atoms with Crippen LogP contribution in [0.5, 0.6) is 0 Å². The second-order valence-electron chi connectivity index (χ2n) is 7.36. The number of hydrogen-bond donors (Lipinski definition) is 2. The predicted molar refractivity (Wildman–Crippen MR) is 129 cm³/mol. The fourth-order valence-corrected chi connectivity index (χ4v) is 5.22. The summed E-state index contributed by atoms with van der Waals surface area (Å²) >= 11 is 1.54. The van der Waals surface area contributed by atoms with Gasteiger partial charge in [-0.05, 0) is 67.3 Å². The zero-order valence-electron chi connectivity index (χ0n) is 17.8. The van der Waals surface area contributed by atoms with Crippen molar-refractivity contribution in [2.45, 2.75) is 31.4 Å². The topological polar surface area (TPSA) is 75.3 Å². The first-order valence-corrected chi connectivity index (χ1v) is 12.5. The number of para-hydroxylation sites is 1. The van der Waals surface area contributed by atoms with E-state index in [9.17, 15) is 13.2 Å². The molecule has 0 bridgehead atoms. The van der Waals surface area contributed by atoms with Gasteiger partial charge in [0.15, 0.2) is 0 Å². The lowest BCUT2D eigenvalue weighted by molar-refractivity contribution is -0.113. The van der Waals surface area contributed by atoms with Gasteiger partial charge in [0.05, 0.1) is 16.3 Å². The maximum absolute atomic E-state index is 12.7. The van der Waals surface area contributed by atoms with E-state index in [0.717, 1.165) is 16.9 Å². The molecule has 3 rings (SSSR count). The zero-order valence-corrected chi connectivity index (χ0v) is 19.4. The lowest BCUT2D eigenvalue weighted by Gasteiger charge is -2.13. The fourth-order valence-electron chi connectivity index (χ4n) is 3.11. The number of sulfonamides is 1. The number of nitrogens with one attached hydrogen (secondary N) is 2. The van der Waals surface area contributed by atoms with E-state index in [1.54, 1.807) is 23.9 Å². The second kappa shape index (κ2) is 10.0. The molecular formula is C24H26N2O3S2. The predicted octanol–water partition coefficient (Wildman–Crippen LogP) is 5.28. The smallest absolute Gasteiger partial charge is 0.261 e. The second-order valence-corrected chi connectivity index (χ2v) is 10.0. The molecule has 162 valence electrons. The van der Waals surface area contributed by atoms with Gasteiger partial charge in [0.25, 0.3) is 10.0 Å². The third kappa shape index (κ3) is 6.12. The molecule has 1 amide bonds. The van der Waals surface area contributed by atoms with E-state index < -0.39 is 10.0 Å². The molecule has 0 heterocycles. The summed E-state index contributed by atoms with van der Waals surface area (Å²) in [6, 6.07) is 19.9. The molecule has 0 aromatic heterocycles. The number of aryl methyl sites for hydroxylation is 3. The standard InChI is InChI=1S/C24H26N2O3S2/c1-17-7-4-5-10-20(17)15-30-16-23(27)25-21-11-13-22(14-12-21)31(28,29)26-24-18(2)8-6-9-19(24)3/h4-14,26H,15-16H2,1-3H3,(H,25,27). The molecule has 7 heteroatoms. The van der Waals surface area contributed by atoms with Gasteiger partial charge in [-0.15, -0.1) is 11.8 Å². The van der Waals surface area contributed by atoms with Gasteiger partial charge in [0.1, 0.15) is 0 Å². The summed E-state index contributed by atoms with van der Waals surface area (Å²) in [6.07, 6.45) is 0. The number of amides is 1. The average Bonchev–Trinajstić information content (AvgIpc) is 2.73. The highest BCUT2D eigenvalue weighted by Crippen LogP contribution is 2.24. The number of rotatable bonds is 8. The number of hydrogen-bond acceptors (Lipinski definition) is 4. The van der Waals surface area contributed by atoms with Crippen LogP contribution in [0.25, 0.3) is 0 Å². The van der Waals surface area contributed by atoms with Crippen LogP contribution in [0.15, 0.2) is 71.6 Å². The summed E-state index contributed by atoms with van der Waals surface area (Å²) in [5, 5.41) is 2.81. The minimum atomic E-state index is -3.72. The van der Waals surface area contributed by atoms with Crippen LogP contribution in [0.4, 0.5) is 11.4 Å². The Morgan fingerprint density at radius 2 is 1.45 bits per heavy atom. The molecule has 3 aromatic carbocycles. The van der Waals surface area contributed by atoms with Crippen molar-refractivity contribution in [2.24, 2.45) is 0 Å². The van der Waals surface area contributed by atoms with Gasteiger partial charge in [-0.1, -0.05) is 42.5 Å². The van der Waals surface area contributed by atoms with Crippen LogP contribution >= 0.6 is 11.8 Å². The highest BCUT2D eigenvalue weighted by atomic mass is 32.2. The third-order valence-corrected chi connectivity index (χ3v) is 7.26. The lowest BCUT2D eigenvalue weighted by Crippen LogP contribution is -2.16. The van der Waals surface area contributed by atoms with Crippen molar-refractivity contribution in [1.29, 1.82) is 0 Å². The highest BCUT2D eigenvalue weighted by molar-refractivity contribution is 7.99. The Morgan fingerprint density at radius 3 is 2.10 bits per heavy atom. The number of benzene rings is 3. The van der Waals surface area contributed by atoms with E-state index in [4.69, 9.17) is 0 Å². The van der Waals surface area contributed by atoms with Crippen LogP contribution in [-0.2, 0) is 20.6 Å². The lowest BCUT2D eigenvalue weighted by atomic mass is 10.1. The molecule has 0 atom stereocenters. The van der Waals surface area contributed by atoms with Crippen LogP contribution in [0.1, 0.15) is 22.3 Å². The van der Waals surface area contributed by atoms with Crippen molar-refractivity contribution in [3.63, 3.8) is 0 Å². The summed E-state index contributed by atoms with van der Waals surface area (Å²) in [6.45, 7) is 5.78. The van der Waals surface area contributed by atoms with E-state index in [-0.39, 0.29) is 10.8 Å². The Morgan fingerprint density at radius 1 is 0.839 bits per heavy atom. The summed E-state index contributed by atoms with van der Waals surface area (Å²) in [5.74, 6) is 0.965. The molecule has 2 N–H and O–H groups in total. The van der Waals surface area contributed by atoms with Crippen LogP contribution in [0, 0.1) is 20.8 Å². The van der Waals surface area contributed by atoms with Crippen LogP contribution in [0.2, 0.25) is 0 Å². The molecule has 0 saturated carbocycles. The quantitative estimate of drug-likeness (QED) is 0.485. The molecule has 0 spiro atoms. The highest BCUT2D eigenvalue weighted by Gasteiger charge is 2.16. The Hall–Kier alpha value is -2.77. The van der Waals surface area contributed by atoms with E-state index in [1.807, 2.05) is 44.2 Å². The van der Waals surface area contributed by atoms with Crippen molar-refractivity contribution >= 4 is 39.1 Å². The molecule has 0 fully saturated rings. The Labute approximate surface area is 188 Å². The molecule has 3 aromatic rings. The van der Waals surface area contributed by atoms with Crippen molar-refractivity contribution in [3.8, 4) is 0 Å². The summed E-state index contributed by atoms with van der Waals surface area (Å²) < 4.78 is 28.1. The molecule has 0 aliphatic carbocycles. The van der Waals surface area contributed by atoms with Crippen molar-refractivity contribution < 1.29 is 13.2 Å². The number of thioether (sulfide) groups is 1. The first kappa shape index (κ1) is 22.9. The van der Waals surface area contributed by atoms with Gasteiger partial charge in [-0.25, -0.2) is 8.42 Å². The van der Waals surface area contributed by atoms with Gasteiger partial charge in [0.2, 0.25) is 5.91 Å². The molecule has 31 heavy (non-hydrogen) atoms. The zero-order chi connectivity index (χ0) is 22.4. The molecule has 0 aliphatic heterocycles. The van der Waals surface area contributed by atoms with Gasteiger partial charge in [-0.3, -0.25) is 9.52 Å². The van der Waals surface area contributed by atoms with Crippen LogP contribution < -0.4 is 10.0 Å². The SMILES string of the molecule is Cc1ccccc1CSCC(=O)Nc1ccc(S(=O)(=O)Nc2c(C)cccc2C)cc1.